The fraction of sp³-hybridized carbons (Fsp3) is 0.455. The first-order valence-electron chi connectivity index (χ1n) is 4.69. The SMILES string of the molecule is Brc1cccc(C2CCCOC2)c1. The molecule has 13 heavy (non-hydrogen) atoms. The first-order chi connectivity index (χ1) is 6.36. The summed E-state index contributed by atoms with van der Waals surface area (Å²) < 4.78 is 6.62. The van der Waals surface area contributed by atoms with Crippen LogP contribution >= 0.6 is 15.9 Å². The molecular formula is C11H13BrO. The van der Waals surface area contributed by atoms with Crippen LogP contribution in [0.15, 0.2) is 28.7 Å². The Kier molecular flexibility index (Phi) is 3.01. The minimum atomic E-state index is 0.603. The molecule has 1 atom stereocenters. The lowest BCUT2D eigenvalue weighted by Gasteiger charge is -2.22. The summed E-state index contributed by atoms with van der Waals surface area (Å²) in [6, 6.07) is 8.53. The van der Waals surface area contributed by atoms with E-state index in [1.165, 1.54) is 18.4 Å². The Labute approximate surface area is 87.2 Å². The smallest absolute Gasteiger partial charge is 0.0534 e. The van der Waals surface area contributed by atoms with E-state index in [4.69, 9.17) is 4.74 Å². The van der Waals surface area contributed by atoms with Crippen LogP contribution in [0.3, 0.4) is 0 Å². The molecule has 0 aromatic heterocycles. The number of rotatable bonds is 1. The van der Waals surface area contributed by atoms with Crippen molar-refractivity contribution in [3.05, 3.63) is 34.3 Å². The molecule has 1 heterocycles. The summed E-state index contributed by atoms with van der Waals surface area (Å²) >= 11 is 3.49. The lowest BCUT2D eigenvalue weighted by Crippen LogP contribution is -2.15. The molecule has 0 amide bonds. The zero-order chi connectivity index (χ0) is 9.10. The summed E-state index contributed by atoms with van der Waals surface area (Å²) in [5.74, 6) is 0.603. The van der Waals surface area contributed by atoms with E-state index in [1.54, 1.807) is 0 Å². The maximum atomic E-state index is 5.46. The van der Waals surface area contributed by atoms with Crippen molar-refractivity contribution in [2.24, 2.45) is 0 Å². The molecular weight excluding hydrogens is 228 g/mol. The molecule has 1 aliphatic rings. The van der Waals surface area contributed by atoms with Gasteiger partial charge in [-0.2, -0.15) is 0 Å². The van der Waals surface area contributed by atoms with E-state index < -0.39 is 0 Å². The van der Waals surface area contributed by atoms with E-state index in [9.17, 15) is 0 Å². The van der Waals surface area contributed by atoms with Gasteiger partial charge in [0.2, 0.25) is 0 Å². The molecule has 0 radical (unpaired) electrons. The van der Waals surface area contributed by atoms with Crippen molar-refractivity contribution in [2.75, 3.05) is 13.2 Å². The zero-order valence-corrected chi connectivity index (χ0v) is 9.09. The van der Waals surface area contributed by atoms with Gasteiger partial charge >= 0.3 is 0 Å². The molecule has 0 bridgehead atoms. The highest BCUT2D eigenvalue weighted by atomic mass is 79.9. The Balaban J connectivity index is 2.14. The average Bonchev–Trinajstić information content (AvgIpc) is 2.19. The van der Waals surface area contributed by atoms with Crippen LogP contribution in [0.5, 0.6) is 0 Å². The summed E-state index contributed by atoms with van der Waals surface area (Å²) in [4.78, 5) is 0. The Morgan fingerprint density at radius 1 is 1.38 bits per heavy atom. The van der Waals surface area contributed by atoms with E-state index in [-0.39, 0.29) is 0 Å². The van der Waals surface area contributed by atoms with E-state index >= 15 is 0 Å². The molecule has 0 saturated carbocycles. The van der Waals surface area contributed by atoms with Crippen LogP contribution in [0.25, 0.3) is 0 Å². The number of ether oxygens (including phenoxy) is 1. The first kappa shape index (κ1) is 9.22. The largest absolute Gasteiger partial charge is 0.381 e. The maximum absolute atomic E-state index is 5.46. The predicted molar refractivity (Wildman–Crippen MR) is 56.9 cm³/mol. The van der Waals surface area contributed by atoms with Crippen molar-refractivity contribution in [3.63, 3.8) is 0 Å². The summed E-state index contributed by atoms with van der Waals surface area (Å²) in [6.45, 7) is 1.82. The van der Waals surface area contributed by atoms with Crippen LogP contribution < -0.4 is 0 Å². The van der Waals surface area contributed by atoms with Gasteiger partial charge in [-0.25, -0.2) is 0 Å². The molecule has 1 aromatic carbocycles. The van der Waals surface area contributed by atoms with Gasteiger partial charge in [0.25, 0.3) is 0 Å². The van der Waals surface area contributed by atoms with Crippen molar-refractivity contribution in [1.82, 2.24) is 0 Å². The van der Waals surface area contributed by atoms with Gasteiger partial charge in [0.15, 0.2) is 0 Å². The van der Waals surface area contributed by atoms with Crippen LogP contribution in [0.4, 0.5) is 0 Å². The Morgan fingerprint density at radius 3 is 3.00 bits per heavy atom. The molecule has 0 N–H and O–H groups in total. The van der Waals surface area contributed by atoms with Gasteiger partial charge in [-0.1, -0.05) is 28.1 Å². The van der Waals surface area contributed by atoms with Crippen molar-refractivity contribution >= 4 is 15.9 Å². The number of halogens is 1. The van der Waals surface area contributed by atoms with Gasteiger partial charge in [-0.05, 0) is 30.5 Å². The molecule has 1 saturated heterocycles. The summed E-state index contributed by atoms with van der Waals surface area (Å²) in [5.41, 5.74) is 1.40. The van der Waals surface area contributed by atoms with Gasteiger partial charge in [-0.3, -0.25) is 0 Å². The quantitative estimate of drug-likeness (QED) is 0.732. The number of hydrogen-bond donors (Lipinski definition) is 0. The lowest BCUT2D eigenvalue weighted by atomic mass is 9.94. The molecule has 1 fully saturated rings. The van der Waals surface area contributed by atoms with Crippen molar-refractivity contribution in [1.29, 1.82) is 0 Å². The zero-order valence-electron chi connectivity index (χ0n) is 7.50. The highest BCUT2D eigenvalue weighted by Gasteiger charge is 2.15. The van der Waals surface area contributed by atoms with E-state index in [1.807, 2.05) is 0 Å². The van der Waals surface area contributed by atoms with E-state index in [0.717, 1.165) is 17.7 Å². The third-order valence-corrected chi connectivity index (χ3v) is 2.97. The topological polar surface area (TPSA) is 9.23 Å². The van der Waals surface area contributed by atoms with E-state index in [0.29, 0.717) is 5.92 Å². The Morgan fingerprint density at radius 2 is 2.31 bits per heavy atom. The van der Waals surface area contributed by atoms with Crippen molar-refractivity contribution < 1.29 is 4.74 Å². The van der Waals surface area contributed by atoms with Crippen LogP contribution in [0, 0.1) is 0 Å². The minimum Gasteiger partial charge on any atom is -0.381 e. The fourth-order valence-electron chi connectivity index (χ4n) is 1.76. The lowest BCUT2D eigenvalue weighted by molar-refractivity contribution is 0.0804. The molecule has 1 aromatic rings. The number of hydrogen-bond acceptors (Lipinski definition) is 1. The molecule has 0 spiro atoms. The van der Waals surface area contributed by atoms with Crippen LogP contribution in [-0.4, -0.2) is 13.2 Å². The summed E-state index contributed by atoms with van der Waals surface area (Å²) in [7, 11) is 0. The molecule has 0 aliphatic carbocycles. The van der Waals surface area contributed by atoms with Gasteiger partial charge in [-0.15, -0.1) is 0 Å². The molecule has 1 aliphatic heterocycles. The van der Waals surface area contributed by atoms with Gasteiger partial charge < -0.3 is 4.74 Å². The van der Waals surface area contributed by atoms with Crippen molar-refractivity contribution in [2.45, 2.75) is 18.8 Å². The third kappa shape index (κ3) is 2.32. The average molecular weight is 241 g/mol. The van der Waals surface area contributed by atoms with Crippen LogP contribution in [0.2, 0.25) is 0 Å². The molecule has 70 valence electrons. The monoisotopic (exact) mass is 240 g/mol. The summed E-state index contributed by atoms with van der Waals surface area (Å²) in [5, 5.41) is 0. The normalized spacial score (nSPS) is 23.0. The van der Waals surface area contributed by atoms with E-state index in [2.05, 4.69) is 40.2 Å². The second-order valence-corrected chi connectivity index (χ2v) is 4.38. The maximum Gasteiger partial charge on any atom is 0.0534 e. The summed E-state index contributed by atoms with van der Waals surface area (Å²) in [6.07, 6.45) is 2.45. The van der Waals surface area contributed by atoms with Gasteiger partial charge in [0.05, 0.1) is 6.61 Å². The predicted octanol–water partition coefficient (Wildman–Crippen LogP) is 3.34. The van der Waals surface area contributed by atoms with Crippen LogP contribution in [-0.2, 0) is 4.74 Å². The first-order valence-corrected chi connectivity index (χ1v) is 5.49. The third-order valence-electron chi connectivity index (χ3n) is 2.48. The second-order valence-electron chi connectivity index (χ2n) is 3.47. The molecule has 1 unspecified atom stereocenters. The van der Waals surface area contributed by atoms with Crippen LogP contribution in [0.1, 0.15) is 24.3 Å². The molecule has 1 nitrogen and oxygen atoms in total. The van der Waals surface area contributed by atoms with Gasteiger partial charge in [0, 0.05) is 17.0 Å². The Hall–Kier alpha value is -0.340. The minimum absolute atomic E-state index is 0.603. The highest BCUT2D eigenvalue weighted by Crippen LogP contribution is 2.26. The second kappa shape index (κ2) is 4.25. The Bertz CT molecular complexity index is 279. The fourth-order valence-corrected chi connectivity index (χ4v) is 2.18. The molecule has 2 rings (SSSR count). The number of benzene rings is 1. The molecule has 2 heteroatoms. The standard InChI is InChI=1S/C11H13BrO/c12-11-5-1-3-9(7-11)10-4-2-6-13-8-10/h1,3,5,7,10H,2,4,6,8H2. The van der Waals surface area contributed by atoms with Crippen molar-refractivity contribution in [3.8, 4) is 0 Å². The highest BCUT2D eigenvalue weighted by molar-refractivity contribution is 9.10. The van der Waals surface area contributed by atoms with Gasteiger partial charge in [0.1, 0.15) is 0 Å².